The molecule has 2 aromatic carbocycles. The average molecular weight is 310 g/mol. The number of rotatable bonds is 7. The summed E-state index contributed by atoms with van der Waals surface area (Å²) in [7, 11) is 0. The molecule has 3 heteroatoms. The number of carbonyl (C=O) groups is 1. The van der Waals surface area contributed by atoms with Crippen molar-refractivity contribution in [2.75, 3.05) is 13.2 Å². The molecular weight excluding hydrogens is 288 g/mol. The van der Waals surface area contributed by atoms with Crippen LogP contribution in [0.2, 0.25) is 0 Å². The highest BCUT2D eigenvalue weighted by Crippen LogP contribution is 2.16. The van der Waals surface area contributed by atoms with E-state index in [0.717, 1.165) is 17.7 Å². The van der Waals surface area contributed by atoms with Crippen LogP contribution in [0.1, 0.15) is 25.0 Å². The Bertz CT molecular complexity index is 642. The molecule has 0 aromatic heterocycles. The summed E-state index contributed by atoms with van der Waals surface area (Å²) in [4.78, 5) is 11.3. The van der Waals surface area contributed by atoms with E-state index in [1.54, 1.807) is 6.92 Å². The summed E-state index contributed by atoms with van der Waals surface area (Å²) < 4.78 is 10.5. The quantitative estimate of drug-likeness (QED) is 0.569. The topological polar surface area (TPSA) is 35.5 Å². The van der Waals surface area contributed by atoms with Crippen molar-refractivity contribution in [3.05, 3.63) is 77.4 Å². The van der Waals surface area contributed by atoms with E-state index in [4.69, 9.17) is 9.47 Å². The molecule has 0 saturated carbocycles. The maximum absolute atomic E-state index is 11.3. The Morgan fingerprint density at radius 1 is 1.00 bits per heavy atom. The van der Waals surface area contributed by atoms with E-state index < -0.39 is 0 Å². The van der Waals surface area contributed by atoms with Crippen LogP contribution in [0.15, 0.2) is 66.2 Å². The smallest absolute Gasteiger partial charge is 0.330 e. The van der Waals surface area contributed by atoms with Crippen molar-refractivity contribution in [3.8, 4) is 5.75 Å². The van der Waals surface area contributed by atoms with E-state index in [9.17, 15) is 4.79 Å². The fourth-order valence-corrected chi connectivity index (χ4v) is 2.16. The molecule has 0 fully saturated rings. The van der Waals surface area contributed by atoms with E-state index in [2.05, 4.69) is 24.3 Å². The van der Waals surface area contributed by atoms with Gasteiger partial charge in [0, 0.05) is 6.08 Å². The van der Waals surface area contributed by atoms with Crippen LogP contribution in [0, 0.1) is 0 Å². The first kappa shape index (κ1) is 16.8. The molecule has 0 amide bonds. The van der Waals surface area contributed by atoms with Gasteiger partial charge in [-0.1, -0.05) is 42.5 Å². The van der Waals surface area contributed by atoms with Crippen LogP contribution < -0.4 is 4.74 Å². The molecular formula is C20H22O3. The Morgan fingerprint density at radius 2 is 1.65 bits per heavy atom. The second kappa shape index (κ2) is 8.79. The first-order valence-corrected chi connectivity index (χ1v) is 7.77. The van der Waals surface area contributed by atoms with Crippen LogP contribution in [-0.4, -0.2) is 19.2 Å². The number of hydrogen-bond donors (Lipinski definition) is 0. The maximum atomic E-state index is 11.3. The molecule has 23 heavy (non-hydrogen) atoms. The highest BCUT2D eigenvalue weighted by atomic mass is 16.5. The zero-order valence-electron chi connectivity index (χ0n) is 13.6. The molecule has 0 saturated heterocycles. The standard InChI is InChI=1S/C20H22O3/c1-3-22-20(21)13-16(2)15-23-19-11-9-18(10-12-19)14-17-7-5-4-6-8-17/h4-13H,3,14-15H2,1-2H3/b16-13+. The highest BCUT2D eigenvalue weighted by Gasteiger charge is 2.01. The predicted octanol–water partition coefficient (Wildman–Crippen LogP) is 4.17. The average Bonchev–Trinajstić information content (AvgIpc) is 2.55. The van der Waals surface area contributed by atoms with Gasteiger partial charge in [0.05, 0.1) is 6.61 Å². The molecule has 0 aliphatic carbocycles. The third-order valence-corrected chi connectivity index (χ3v) is 3.29. The number of carbonyl (C=O) groups excluding carboxylic acids is 1. The van der Waals surface area contributed by atoms with E-state index in [-0.39, 0.29) is 5.97 Å². The van der Waals surface area contributed by atoms with E-state index in [1.807, 2.05) is 37.3 Å². The van der Waals surface area contributed by atoms with E-state index >= 15 is 0 Å². The fourth-order valence-electron chi connectivity index (χ4n) is 2.16. The zero-order valence-corrected chi connectivity index (χ0v) is 13.6. The summed E-state index contributed by atoms with van der Waals surface area (Å²) in [5.41, 5.74) is 3.36. The van der Waals surface area contributed by atoms with Crippen molar-refractivity contribution >= 4 is 5.97 Å². The Kier molecular flexibility index (Phi) is 6.42. The van der Waals surface area contributed by atoms with Gasteiger partial charge in [0.25, 0.3) is 0 Å². The largest absolute Gasteiger partial charge is 0.489 e. The summed E-state index contributed by atoms with van der Waals surface area (Å²) in [6.07, 6.45) is 2.37. The molecule has 0 bridgehead atoms. The van der Waals surface area contributed by atoms with Crippen LogP contribution in [0.4, 0.5) is 0 Å². The summed E-state index contributed by atoms with van der Waals surface area (Å²) in [6, 6.07) is 18.4. The van der Waals surface area contributed by atoms with E-state index in [1.165, 1.54) is 17.2 Å². The van der Waals surface area contributed by atoms with Gasteiger partial charge < -0.3 is 9.47 Å². The van der Waals surface area contributed by atoms with Crippen molar-refractivity contribution in [2.24, 2.45) is 0 Å². The first-order valence-electron chi connectivity index (χ1n) is 7.77. The lowest BCUT2D eigenvalue weighted by atomic mass is 10.1. The summed E-state index contributed by atoms with van der Waals surface area (Å²) in [5, 5.41) is 0. The van der Waals surface area contributed by atoms with Crippen LogP contribution >= 0.6 is 0 Å². The second-order valence-electron chi connectivity index (χ2n) is 5.34. The van der Waals surface area contributed by atoms with Crippen LogP contribution in [0.25, 0.3) is 0 Å². The molecule has 0 spiro atoms. The van der Waals surface area contributed by atoms with E-state index in [0.29, 0.717) is 13.2 Å². The molecule has 2 rings (SSSR count). The number of esters is 1. The molecule has 0 heterocycles. The highest BCUT2D eigenvalue weighted by molar-refractivity contribution is 5.82. The lowest BCUT2D eigenvalue weighted by Gasteiger charge is -2.08. The third-order valence-electron chi connectivity index (χ3n) is 3.29. The Hall–Kier alpha value is -2.55. The lowest BCUT2D eigenvalue weighted by molar-refractivity contribution is -0.137. The molecule has 2 aromatic rings. The summed E-state index contributed by atoms with van der Waals surface area (Å²) >= 11 is 0. The third kappa shape index (κ3) is 5.99. The lowest BCUT2D eigenvalue weighted by Crippen LogP contribution is -2.04. The van der Waals surface area contributed by atoms with Crippen molar-refractivity contribution in [2.45, 2.75) is 20.3 Å². The normalized spacial score (nSPS) is 11.1. The molecule has 0 aliphatic rings. The van der Waals surface area contributed by atoms with Gasteiger partial charge in [-0.15, -0.1) is 0 Å². The predicted molar refractivity (Wildman–Crippen MR) is 91.6 cm³/mol. The molecule has 0 atom stereocenters. The molecule has 0 radical (unpaired) electrons. The van der Waals surface area contributed by atoms with Gasteiger partial charge >= 0.3 is 5.97 Å². The van der Waals surface area contributed by atoms with Crippen LogP contribution in [-0.2, 0) is 16.0 Å². The summed E-state index contributed by atoms with van der Waals surface area (Å²) in [6.45, 7) is 4.39. The monoisotopic (exact) mass is 310 g/mol. The minimum Gasteiger partial charge on any atom is -0.489 e. The minimum atomic E-state index is -0.327. The molecule has 3 nitrogen and oxygen atoms in total. The van der Waals surface area contributed by atoms with Gasteiger partial charge in [-0.2, -0.15) is 0 Å². The molecule has 120 valence electrons. The van der Waals surface area contributed by atoms with Crippen LogP contribution in [0.3, 0.4) is 0 Å². The van der Waals surface area contributed by atoms with Crippen LogP contribution in [0.5, 0.6) is 5.75 Å². The fraction of sp³-hybridized carbons (Fsp3) is 0.250. The van der Waals surface area contributed by atoms with Gasteiger partial charge in [-0.3, -0.25) is 0 Å². The van der Waals surface area contributed by atoms with Gasteiger partial charge in [0.2, 0.25) is 0 Å². The molecule has 0 unspecified atom stereocenters. The Labute approximate surface area is 137 Å². The first-order chi connectivity index (χ1) is 11.2. The van der Waals surface area contributed by atoms with Gasteiger partial charge in [0.15, 0.2) is 0 Å². The SMILES string of the molecule is CCOC(=O)/C=C(\C)COc1ccc(Cc2ccccc2)cc1. The summed E-state index contributed by atoms with van der Waals surface area (Å²) in [5.74, 6) is 0.463. The minimum absolute atomic E-state index is 0.327. The number of benzene rings is 2. The zero-order chi connectivity index (χ0) is 16.5. The number of ether oxygens (including phenoxy) is 2. The Morgan fingerprint density at radius 3 is 2.30 bits per heavy atom. The molecule has 0 aliphatic heterocycles. The second-order valence-corrected chi connectivity index (χ2v) is 5.34. The van der Waals surface area contributed by atoms with Crippen molar-refractivity contribution in [1.29, 1.82) is 0 Å². The van der Waals surface area contributed by atoms with Gasteiger partial charge in [-0.25, -0.2) is 4.79 Å². The van der Waals surface area contributed by atoms with Gasteiger partial charge in [-0.05, 0) is 49.1 Å². The molecule has 0 N–H and O–H groups in total. The van der Waals surface area contributed by atoms with Crippen molar-refractivity contribution in [1.82, 2.24) is 0 Å². The maximum Gasteiger partial charge on any atom is 0.330 e. The van der Waals surface area contributed by atoms with Crippen molar-refractivity contribution in [3.63, 3.8) is 0 Å². The Balaban J connectivity index is 1.86. The van der Waals surface area contributed by atoms with Gasteiger partial charge in [0.1, 0.15) is 12.4 Å². The van der Waals surface area contributed by atoms with Crippen molar-refractivity contribution < 1.29 is 14.3 Å². The number of hydrogen-bond acceptors (Lipinski definition) is 3.